The van der Waals surface area contributed by atoms with E-state index in [4.69, 9.17) is 9.15 Å². The quantitative estimate of drug-likeness (QED) is 0.617. The molecule has 0 saturated carbocycles. The van der Waals surface area contributed by atoms with Crippen molar-refractivity contribution in [3.05, 3.63) is 48.4 Å². The fraction of sp³-hybridized carbons (Fsp3) is 0.421. The molecule has 1 aliphatic rings. The van der Waals surface area contributed by atoms with Crippen LogP contribution < -0.4 is 4.90 Å². The van der Waals surface area contributed by atoms with Gasteiger partial charge in [0.05, 0.1) is 6.10 Å². The Bertz CT molecular complexity index is 929. The molecule has 10 nitrogen and oxygen atoms in total. The lowest BCUT2D eigenvalue weighted by Crippen LogP contribution is -2.49. The minimum absolute atomic E-state index is 0.104. The average Bonchev–Trinajstić information content (AvgIpc) is 3.44. The molecule has 29 heavy (non-hydrogen) atoms. The molecule has 4 heterocycles. The first-order valence-electron chi connectivity index (χ1n) is 9.53. The Balaban J connectivity index is 1.32. The van der Waals surface area contributed by atoms with E-state index in [0.717, 1.165) is 5.82 Å². The van der Waals surface area contributed by atoms with Crippen LogP contribution in [0.3, 0.4) is 0 Å². The van der Waals surface area contributed by atoms with E-state index in [9.17, 15) is 4.79 Å². The van der Waals surface area contributed by atoms with Gasteiger partial charge >= 0.3 is 0 Å². The summed E-state index contributed by atoms with van der Waals surface area (Å²) in [5.41, 5.74) is 0. The van der Waals surface area contributed by atoms with Crippen molar-refractivity contribution < 1.29 is 13.9 Å². The molecule has 1 saturated heterocycles. The number of nitrogens with zero attached hydrogens (tertiary/aromatic N) is 7. The summed E-state index contributed by atoms with van der Waals surface area (Å²) in [6, 6.07) is 7.24. The third-order valence-corrected chi connectivity index (χ3v) is 4.61. The SMILES string of the molecule is CC(C)OCc1ccc(C(=O)N2CCN(c3ccc(-n4cncn4)nn3)CC2)o1. The first-order valence-corrected chi connectivity index (χ1v) is 9.53. The van der Waals surface area contributed by atoms with E-state index in [0.29, 0.717) is 50.1 Å². The number of piperazine rings is 1. The molecule has 0 radical (unpaired) electrons. The van der Waals surface area contributed by atoms with E-state index in [-0.39, 0.29) is 12.0 Å². The zero-order valence-electron chi connectivity index (χ0n) is 16.4. The topological polar surface area (TPSA) is 102 Å². The van der Waals surface area contributed by atoms with Gasteiger partial charge in [0.15, 0.2) is 17.4 Å². The van der Waals surface area contributed by atoms with E-state index in [1.165, 1.54) is 6.33 Å². The number of carbonyl (C=O) groups excluding carboxylic acids is 1. The molecule has 152 valence electrons. The molecular weight excluding hydrogens is 374 g/mol. The maximum absolute atomic E-state index is 12.7. The zero-order chi connectivity index (χ0) is 20.2. The summed E-state index contributed by atoms with van der Waals surface area (Å²) in [5.74, 6) is 2.27. The number of anilines is 1. The highest BCUT2D eigenvalue weighted by Crippen LogP contribution is 2.17. The largest absolute Gasteiger partial charge is 0.453 e. The van der Waals surface area contributed by atoms with E-state index in [1.807, 2.05) is 26.0 Å². The van der Waals surface area contributed by atoms with Crippen molar-refractivity contribution in [3.63, 3.8) is 0 Å². The number of hydrogen-bond acceptors (Lipinski definition) is 8. The molecule has 10 heteroatoms. The Morgan fingerprint density at radius 3 is 2.52 bits per heavy atom. The fourth-order valence-corrected chi connectivity index (χ4v) is 3.05. The average molecular weight is 397 g/mol. The number of aromatic nitrogens is 5. The monoisotopic (exact) mass is 397 g/mol. The Hall–Kier alpha value is -3.27. The van der Waals surface area contributed by atoms with Crippen LogP contribution in [-0.2, 0) is 11.3 Å². The van der Waals surface area contributed by atoms with Crippen molar-refractivity contribution in [3.8, 4) is 5.82 Å². The third-order valence-electron chi connectivity index (χ3n) is 4.61. The van der Waals surface area contributed by atoms with Crippen LogP contribution in [-0.4, -0.2) is 68.1 Å². The van der Waals surface area contributed by atoms with Gasteiger partial charge in [0.25, 0.3) is 5.91 Å². The van der Waals surface area contributed by atoms with Gasteiger partial charge in [-0.1, -0.05) is 0 Å². The summed E-state index contributed by atoms with van der Waals surface area (Å²) < 4.78 is 12.7. The van der Waals surface area contributed by atoms with Crippen LogP contribution in [0.2, 0.25) is 0 Å². The van der Waals surface area contributed by atoms with E-state index >= 15 is 0 Å². The van der Waals surface area contributed by atoms with Gasteiger partial charge in [0, 0.05) is 26.2 Å². The number of amides is 1. The van der Waals surface area contributed by atoms with Gasteiger partial charge < -0.3 is 19.0 Å². The molecule has 0 N–H and O–H groups in total. The normalized spacial score (nSPS) is 14.6. The summed E-state index contributed by atoms with van der Waals surface area (Å²) in [6.45, 7) is 6.80. The second kappa shape index (κ2) is 8.39. The van der Waals surface area contributed by atoms with Crippen molar-refractivity contribution in [2.45, 2.75) is 26.6 Å². The smallest absolute Gasteiger partial charge is 0.289 e. The standard InChI is InChI=1S/C19H23N7O3/c1-14(2)28-11-15-3-4-16(29-15)19(27)25-9-7-24(8-10-25)17-5-6-18(23-22-17)26-13-20-12-21-26/h3-6,12-14H,7-11H2,1-2H3. The molecule has 0 unspecified atom stereocenters. The van der Waals surface area contributed by atoms with Crippen molar-refractivity contribution in [2.75, 3.05) is 31.1 Å². The van der Waals surface area contributed by atoms with E-state index < -0.39 is 0 Å². The summed E-state index contributed by atoms with van der Waals surface area (Å²) in [5, 5.41) is 12.5. The summed E-state index contributed by atoms with van der Waals surface area (Å²) in [7, 11) is 0. The first kappa shape index (κ1) is 19.1. The van der Waals surface area contributed by atoms with Crippen molar-refractivity contribution in [1.82, 2.24) is 29.9 Å². The minimum Gasteiger partial charge on any atom is -0.453 e. The lowest BCUT2D eigenvalue weighted by Gasteiger charge is -2.34. The van der Waals surface area contributed by atoms with Gasteiger partial charge in [-0.05, 0) is 38.1 Å². The Labute approximate surface area is 168 Å². The van der Waals surface area contributed by atoms with Crippen LogP contribution >= 0.6 is 0 Å². The van der Waals surface area contributed by atoms with E-state index in [1.54, 1.807) is 28.0 Å². The summed E-state index contributed by atoms with van der Waals surface area (Å²) in [4.78, 5) is 20.5. The second-order valence-electron chi connectivity index (χ2n) is 6.99. The molecular formula is C19H23N7O3. The van der Waals surface area contributed by atoms with Crippen LogP contribution in [0.1, 0.15) is 30.2 Å². The molecule has 1 aliphatic heterocycles. The summed E-state index contributed by atoms with van der Waals surface area (Å²) in [6.07, 6.45) is 3.13. The van der Waals surface area contributed by atoms with Crippen LogP contribution in [0, 0.1) is 0 Å². The molecule has 3 aromatic heterocycles. The zero-order valence-corrected chi connectivity index (χ0v) is 16.4. The highest BCUT2D eigenvalue weighted by molar-refractivity contribution is 5.91. The predicted molar refractivity (Wildman–Crippen MR) is 104 cm³/mol. The van der Waals surface area contributed by atoms with Crippen molar-refractivity contribution >= 4 is 11.7 Å². The number of rotatable bonds is 6. The molecule has 0 atom stereocenters. The molecule has 1 fully saturated rings. The van der Waals surface area contributed by atoms with Crippen LogP contribution in [0.15, 0.2) is 41.3 Å². The Morgan fingerprint density at radius 1 is 1.10 bits per heavy atom. The van der Waals surface area contributed by atoms with E-state index in [2.05, 4.69) is 25.2 Å². The number of ether oxygens (including phenoxy) is 1. The van der Waals surface area contributed by atoms with Gasteiger partial charge in [0.2, 0.25) is 0 Å². The fourth-order valence-electron chi connectivity index (χ4n) is 3.05. The van der Waals surface area contributed by atoms with Crippen molar-refractivity contribution in [2.24, 2.45) is 0 Å². The molecule has 0 spiro atoms. The Kier molecular flexibility index (Phi) is 5.52. The molecule has 1 amide bonds. The first-order chi connectivity index (χ1) is 14.1. The number of hydrogen-bond donors (Lipinski definition) is 0. The predicted octanol–water partition coefficient (Wildman–Crippen LogP) is 1.54. The lowest BCUT2D eigenvalue weighted by atomic mass is 10.3. The van der Waals surface area contributed by atoms with Crippen LogP contribution in [0.4, 0.5) is 5.82 Å². The molecule has 0 bridgehead atoms. The number of furan rings is 1. The van der Waals surface area contributed by atoms with Gasteiger partial charge in [0.1, 0.15) is 25.0 Å². The maximum atomic E-state index is 12.7. The molecule has 4 rings (SSSR count). The van der Waals surface area contributed by atoms with Gasteiger partial charge in [-0.25, -0.2) is 9.67 Å². The Morgan fingerprint density at radius 2 is 1.86 bits per heavy atom. The molecule has 0 aromatic carbocycles. The van der Waals surface area contributed by atoms with Crippen LogP contribution in [0.25, 0.3) is 5.82 Å². The lowest BCUT2D eigenvalue weighted by molar-refractivity contribution is 0.0521. The van der Waals surface area contributed by atoms with Gasteiger partial charge in [-0.3, -0.25) is 4.79 Å². The van der Waals surface area contributed by atoms with Gasteiger partial charge in [-0.2, -0.15) is 5.10 Å². The van der Waals surface area contributed by atoms with Gasteiger partial charge in [-0.15, -0.1) is 10.2 Å². The summed E-state index contributed by atoms with van der Waals surface area (Å²) >= 11 is 0. The minimum atomic E-state index is -0.104. The maximum Gasteiger partial charge on any atom is 0.289 e. The second-order valence-corrected chi connectivity index (χ2v) is 6.99. The van der Waals surface area contributed by atoms with Crippen LogP contribution in [0.5, 0.6) is 0 Å². The highest BCUT2D eigenvalue weighted by atomic mass is 16.5. The highest BCUT2D eigenvalue weighted by Gasteiger charge is 2.25. The third kappa shape index (κ3) is 4.43. The van der Waals surface area contributed by atoms with Crippen molar-refractivity contribution in [1.29, 1.82) is 0 Å². The molecule has 3 aromatic rings. The number of carbonyl (C=O) groups is 1. The molecule has 0 aliphatic carbocycles.